The third-order valence-corrected chi connectivity index (χ3v) is 3.29. The summed E-state index contributed by atoms with van der Waals surface area (Å²) in [5, 5.41) is 23.1. The van der Waals surface area contributed by atoms with E-state index in [4.69, 9.17) is 5.11 Å². The van der Waals surface area contributed by atoms with E-state index in [1.807, 2.05) is 19.2 Å². The van der Waals surface area contributed by atoms with Gasteiger partial charge in [0.15, 0.2) is 0 Å². The third-order valence-electron chi connectivity index (χ3n) is 2.55. The van der Waals surface area contributed by atoms with Crippen LogP contribution in [0.1, 0.15) is 12.0 Å². The van der Waals surface area contributed by atoms with E-state index in [-0.39, 0.29) is 23.3 Å². The first-order chi connectivity index (χ1) is 8.58. The van der Waals surface area contributed by atoms with Gasteiger partial charge in [0.1, 0.15) is 5.69 Å². The van der Waals surface area contributed by atoms with Crippen LogP contribution in [0, 0.1) is 17.0 Å². The van der Waals surface area contributed by atoms with Crippen LogP contribution < -0.4 is 5.32 Å². The summed E-state index contributed by atoms with van der Waals surface area (Å²) in [6, 6.07) is 5.14. The molecule has 100 valence electrons. The molecule has 0 saturated carbocycles. The molecule has 0 amide bonds. The molecule has 1 aromatic carbocycles. The second kappa shape index (κ2) is 7.23. The fourth-order valence-electron chi connectivity index (χ4n) is 1.69. The van der Waals surface area contributed by atoms with Gasteiger partial charge in [-0.05, 0) is 31.2 Å². The lowest BCUT2D eigenvalue weighted by atomic mass is 10.1. The summed E-state index contributed by atoms with van der Waals surface area (Å²) < 4.78 is 0. The lowest BCUT2D eigenvalue weighted by Crippen LogP contribution is -2.24. The zero-order valence-corrected chi connectivity index (χ0v) is 11.4. The predicted octanol–water partition coefficient (Wildman–Crippen LogP) is 2.43. The minimum atomic E-state index is -0.384. The van der Waals surface area contributed by atoms with E-state index in [0.29, 0.717) is 12.1 Å². The molecule has 0 bridgehead atoms. The first-order valence-electron chi connectivity index (χ1n) is 5.70. The van der Waals surface area contributed by atoms with Crippen molar-refractivity contribution in [3.8, 4) is 0 Å². The molecular formula is C12H18N2O3S. The molecule has 0 saturated heterocycles. The van der Waals surface area contributed by atoms with E-state index >= 15 is 0 Å². The van der Waals surface area contributed by atoms with Gasteiger partial charge in [0.2, 0.25) is 0 Å². The van der Waals surface area contributed by atoms with Gasteiger partial charge in [-0.15, -0.1) is 0 Å². The van der Waals surface area contributed by atoms with Gasteiger partial charge in [-0.2, -0.15) is 11.8 Å². The number of aliphatic hydroxyl groups excluding tert-OH is 1. The molecule has 0 heterocycles. The molecule has 1 rings (SSSR count). The van der Waals surface area contributed by atoms with E-state index in [2.05, 4.69) is 5.32 Å². The summed E-state index contributed by atoms with van der Waals surface area (Å²) >= 11 is 1.64. The Hall–Kier alpha value is -1.27. The van der Waals surface area contributed by atoms with Gasteiger partial charge in [-0.3, -0.25) is 10.1 Å². The standard InChI is InChI=1S/C12H18N2O3S/c1-9-3-4-11(12(7-9)14(16)17)13-10(5-6-15)8-18-2/h3-4,7,10,13,15H,5-6,8H2,1-2H3. The number of nitrogens with one attached hydrogen (secondary N) is 1. The van der Waals surface area contributed by atoms with Gasteiger partial charge in [0.25, 0.3) is 5.69 Å². The van der Waals surface area contributed by atoms with Gasteiger partial charge in [-0.25, -0.2) is 0 Å². The predicted molar refractivity (Wildman–Crippen MR) is 75.3 cm³/mol. The number of nitro benzene ring substituents is 1. The second-order valence-electron chi connectivity index (χ2n) is 4.09. The van der Waals surface area contributed by atoms with Crippen LogP contribution in [-0.4, -0.2) is 34.7 Å². The van der Waals surface area contributed by atoms with E-state index in [0.717, 1.165) is 11.3 Å². The summed E-state index contributed by atoms with van der Waals surface area (Å²) in [7, 11) is 0. The number of benzene rings is 1. The number of hydrogen-bond donors (Lipinski definition) is 2. The Bertz CT molecular complexity index is 406. The van der Waals surface area contributed by atoms with E-state index in [1.54, 1.807) is 23.9 Å². The normalized spacial score (nSPS) is 12.2. The van der Waals surface area contributed by atoms with Crippen molar-refractivity contribution >= 4 is 23.1 Å². The number of rotatable bonds is 7. The van der Waals surface area contributed by atoms with Crippen LogP contribution in [0.5, 0.6) is 0 Å². The number of nitro groups is 1. The summed E-state index contributed by atoms with van der Waals surface area (Å²) in [4.78, 5) is 10.6. The average molecular weight is 270 g/mol. The SMILES string of the molecule is CSCC(CCO)Nc1ccc(C)cc1[N+](=O)[O-]. The number of aryl methyl sites for hydroxylation is 1. The van der Waals surface area contributed by atoms with Crippen LogP contribution in [0.15, 0.2) is 18.2 Å². The maximum Gasteiger partial charge on any atom is 0.292 e. The zero-order valence-electron chi connectivity index (χ0n) is 10.5. The largest absolute Gasteiger partial charge is 0.396 e. The molecule has 1 atom stereocenters. The molecule has 0 aromatic heterocycles. The molecule has 0 aliphatic heterocycles. The number of nitrogens with zero attached hydrogens (tertiary/aromatic N) is 1. The van der Waals surface area contributed by atoms with E-state index in [9.17, 15) is 10.1 Å². The Morgan fingerprint density at radius 2 is 2.28 bits per heavy atom. The molecule has 18 heavy (non-hydrogen) atoms. The Balaban J connectivity index is 2.90. The van der Waals surface area contributed by atoms with Gasteiger partial charge in [-0.1, -0.05) is 6.07 Å². The number of thioether (sulfide) groups is 1. The fraction of sp³-hybridized carbons (Fsp3) is 0.500. The Morgan fingerprint density at radius 3 is 2.83 bits per heavy atom. The van der Waals surface area contributed by atoms with Crippen molar-refractivity contribution in [3.63, 3.8) is 0 Å². The maximum atomic E-state index is 11.0. The monoisotopic (exact) mass is 270 g/mol. The van der Waals surface area contributed by atoms with Crippen LogP contribution in [0.3, 0.4) is 0 Å². The zero-order chi connectivity index (χ0) is 13.5. The van der Waals surface area contributed by atoms with Crippen molar-refractivity contribution in [1.82, 2.24) is 0 Å². The second-order valence-corrected chi connectivity index (χ2v) is 5.00. The average Bonchev–Trinajstić information content (AvgIpc) is 2.32. The molecule has 0 spiro atoms. The minimum Gasteiger partial charge on any atom is -0.396 e. The first kappa shape index (κ1) is 14.8. The molecule has 0 fully saturated rings. The molecule has 6 heteroatoms. The van der Waals surface area contributed by atoms with Crippen molar-refractivity contribution in [2.75, 3.05) is 23.9 Å². The molecule has 0 aliphatic rings. The van der Waals surface area contributed by atoms with Crippen LogP contribution in [0.4, 0.5) is 11.4 Å². The smallest absolute Gasteiger partial charge is 0.292 e. The Labute approximate surface area is 111 Å². The maximum absolute atomic E-state index is 11.0. The fourth-order valence-corrected chi connectivity index (χ4v) is 2.34. The summed E-state index contributed by atoms with van der Waals surface area (Å²) in [5.74, 6) is 0.797. The van der Waals surface area contributed by atoms with Crippen molar-refractivity contribution in [2.24, 2.45) is 0 Å². The van der Waals surface area contributed by atoms with Gasteiger partial charge in [0, 0.05) is 24.5 Å². The Morgan fingerprint density at radius 1 is 1.56 bits per heavy atom. The van der Waals surface area contributed by atoms with Crippen LogP contribution in [0.25, 0.3) is 0 Å². The number of anilines is 1. The molecule has 0 aliphatic carbocycles. The van der Waals surface area contributed by atoms with E-state index < -0.39 is 0 Å². The van der Waals surface area contributed by atoms with Crippen molar-refractivity contribution < 1.29 is 10.0 Å². The van der Waals surface area contributed by atoms with Gasteiger partial charge < -0.3 is 10.4 Å². The van der Waals surface area contributed by atoms with Crippen molar-refractivity contribution in [2.45, 2.75) is 19.4 Å². The third kappa shape index (κ3) is 4.19. The highest BCUT2D eigenvalue weighted by Gasteiger charge is 2.16. The molecule has 1 aromatic rings. The van der Waals surface area contributed by atoms with Crippen molar-refractivity contribution in [3.05, 3.63) is 33.9 Å². The number of hydrogen-bond acceptors (Lipinski definition) is 5. The highest BCUT2D eigenvalue weighted by Crippen LogP contribution is 2.26. The van der Waals surface area contributed by atoms with Crippen LogP contribution in [0.2, 0.25) is 0 Å². The minimum absolute atomic E-state index is 0.0337. The van der Waals surface area contributed by atoms with Gasteiger partial charge >= 0.3 is 0 Å². The topological polar surface area (TPSA) is 75.4 Å². The molecule has 1 unspecified atom stereocenters. The number of aliphatic hydroxyl groups is 1. The highest BCUT2D eigenvalue weighted by molar-refractivity contribution is 7.98. The van der Waals surface area contributed by atoms with E-state index in [1.165, 1.54) is 0 Å². The molecule has 5 nitrogen and oxygen atoms in total. The molecule has 0 radical (unpaired) electrons. The summed E-state index contributed by atoms with van der Waals surface area (Å²) in [5.41, 5.74) is 1.45. The summed E-state index contributed by atoms with van der Waals surface area (Å²) in [6.45, 7) is 1.89. The van der Waals surface area contributed by atoms with Crippen LogP contribution >= 0.6 is 11.8 Å². The molecular weight excluding hydrogens is 252 g/mol. The highest BCUT2D eigenvalue weighted by atomic mass is 32.2. The van der Waals surface area contributed by atoms with Crippen LogP contribution in [-0.2, 0) is 0 Å². The molecule has 2 N–H and O–H groups in total. The first-order valence-corrected chi connectivity index (χ1v) is 7.09. The summed E-state index contributed by atoms with van der Waals surface area (Å²) in [6.07, 6.45) is 2.54. The van der Waals surface area contributed by atoms with Crippen molar-refractivity contribution in [1.29, 1.82) is 0 Å². The lowest BCUT2D eigenvalue weighted by Gasteiger charge is -2.18. The quantitative estimate of drug-likeness (QED) is 0.588. The Kier molecular flexibility index (Phi) is 5.94. The lowest BCUT2D eigenvalue weighted by molar-refractivity contribution is -0.384. The van der Waals surface area contributed by atoms with Gasteiger partial charge in [0.05, 0.1) is 4.92 Å².